The molecule has 0 radical (unpaired) electrons. The quantitative estimate of drug-likeness (QED) is 0.794. The third-order valence-corrected chi connectivity index (χ3v) is 5.40. The summed E-state index contributed by atoms with van der Waals surface area (Å²) in [7, 11) is 1.70. The monoisotopic (exact) mass is 373 g/mol. The van der Waals surface area contributed by atoms with Gasteiger partial charge in [-0.25, -0.2) is 0 Å². The van der Waals surface area contributed by atoms with Crippen LogP contribution in [0.2, 0.25) is 0 Å². The second-order valence-electron chi connectivity index (χ2n) is 6.22. The van der Waals surface area contributed by atoms with E-state index in [1.54, 1.807) is 7.11 Å². The number of halogens is 1. The zero-order valence-corrected chi connectivity index (χ0v) is 14.7. The van der Waals surface area contributed by atoms with E-state index in [0.29, 0.717) is 5.92 Å². The molecule has 0 aliphatic carbocycles. The van der Waals surface area contributed by atoms with Gasteiger partial charge in [-0.05, 0) is 48.7 Å². The molecule has 3 nitrogen and oxygen atoms in total. The average Bonchev–Trinajstić information content (AvgIpc) is 2.61. The molecule has 0 bridgehead atoms. The van der Waals surface area contributed by atoms with Crippen LogP contribution in [0.5, 0.6) is 5.75 Å². The number of fused-ring (bicyclic) bond motifs is 3. The molecule has 1 N–H and O–H groups in total. The molecular weight excluding hydrogens is 354 g/mol. The van der Waals surface area contributed by atoms with Gasteiger partial charge in [-0.15, -0.1) is 0 Å². The molecule has 3 atom stereocenters. The number of anilines is 1. The molecule has 2 aliphatic heterocycles. The van der Waals surface area contributed by atoms with Crippen molar-refractivity contribution in [3.8, 4) is 5.75 Å². The van der Waals surface area contributed by atoms with Gasteiger partial charge >= 0.3 is 0 Å². The van der Waals surface area contributed by atoms with Crippen LogP contribution in [0, 0.1) is 5.92 Å². The van der Waals surface area contributed by atoms with Crippen LogP contribution in [-0.4, -0.2) is 13.7 Å². The Morgan fingerprint density at radius 3 is 2.78 bits per heavy atom. The molecule has 0 aromatic heterocycles. The van der Waals surface area contributed by atoms with E-state index >= 15 is 0 Å². The highest BCUT2D eigenvalue weighted by molar-refractivity contribution is 9.10. The lowest BCUT2D eigenvalue weighted by Crippen LogP contribution is -2.35. The Bertz CT molecular complexity index is 701. The Balaban J connectivity index is 1.73. The Hall–Kier alpha value is -1.52. The molecule has 2 aromatic rings. The lowest BCUT2D eigenvalue weighted by atomic mass is 9.77. The zero-order chi connectivity index (χ0) is 15.8. The van der Waals surface area contributed by atoms with Crippen LogP contribution >= 0.6 is 15.9 Å². The molecule has 2 heterocycles. The Morgan fingerprint density at radius 2 is 2.00 bits per heavy atom. The van der Waals surface area contributed by atoms with Crippen LogP contribution in [-0.2, 0) is 4.74 Å². The molecule has 1 saturated heterocycles. The molecule has 4 heteroatoms. The van der Waals surface area contributed by atoms with E-state index in [4.69, 9.17) is 9.47 Å². The number of ether oxygens (including phenoxy) is 2. The SMILES string of the molecule is COc1ccc([C@@H]2Nc3ccc(Br)cc3[C@H]3OCCC[C@H]32)cc1. The number of benzene rings is 2. The van der Waals surface area contributed by atoms with Crippen LogP contribution in [0.3, 0.4) is 0 Å². The van der Waals surface area contributed by atoms with Gasteiger partial charge in [0.2, 0.25) is 0 Å². The molecule has 0 saturated carbocycles. The topological polar surface area (TPSA) is 30.5 Å². The van der Waals surface area contributed by atoms with E-state index in [1.165, 1.54) is 23.2 Å². The second kappa shape index (κ2) is 6.17. The highest BCUT2D eigenvalue weighted by Gasteiger charge is 2.39. The van der Waals surface area contributed by atoms with E-state index in [9.17, 15) is 0 Å². The Morgan fingerprint density at radius 1 is 1.17 bits per heavy atom. The van der Waals surface area contributed by atoms with Crippen LogP contribution in [0.4, 0.5) is 5.69 Å². The summed E-state index contributed by atoms with van der Waals surface area (Å²) in [4.78, 5) is 0. The maximum Gasteiger partial charge on any atom is 0.118 e. The maximum absolute atomic E-state index is 6.17. The summed E-state index contributed by atoms with van der Waals surface area (Å²) in [5.74, 6) is 1.35. The van der Waals surface area contributed by atoms with Crippen molar-refractivity contribution < 1.29 is 9.47 Å². The Labute approximate surface area is 145 Å². The summed E-state index contributed by atoms with van der Waals surface area (Å²) in [6.07, 6.45) is 2.48. The average molecular weight is 374 g/mol. The summed E-state index contributed by atoms with van der Waals surface area (Å²) in [5, 5.41) is 3.74. The lowest BCUT2D eigenvalue weighted by molar-refractivity contribution is -0.0381. The predicted octanol–water partition coefficient (Wildman–Crippen LogP) is 5.09. The maximum atomic E-state index is 6.17. The van der Waals surface area contributed by atoms with E-state index < -0.39 is 0 Å². The molecule has 0 unspecified atom stereocenters. The number of nitrogens with one attached hydrogen (secondary N) is 1. The van der Waals surface area contributed by atoms with Crippen LogP contribution < -0.4 is 10.1 Å². The van der Waals surface area contributed by atoms with E-state index in [2.05, 4.69) is 51.6 Å². The first-order valence-corrected chi connectivity index (χ1v) is 8.87. The molecule has 0 amide bonds. The standard InChI is InChI=1S/C19H20BrNO2/c1-22-14-7-4-12(5-8-14)18-15-3-2-10-23-19(15)16-11-13(20)6-9-17(16)21-18/h4-9,11,15,18-19,21H,2-3,10H2,1H3/t15-,18-,19-/m0/s1. The minimum Gasteiger partial charge on any atom is -0.497 e. The van der Waals surface area contributed by atoms with Gasteiger partial charge < -0.3 is 14.8 Å². The van der Waals surface area contributed by atoms with E-state index in [0.717, 1.165) is 23.2 Å². The fraction of sp³-hybridized carbons (Fsp3) is 0.368. The molecule has 120 valence electrons. The minimum absolute atomic E-state index is 0.171. The van der Waals surface area contributed by atoms with Gasteiger partial charge in [0.15, 0.2) is 0 Å². The van der Waals surface area contributed by atoms with E-state index in [-0.39, 0.29) is 12.1 Å². The van der Waals surface area contributed by atoms with Crippen molar-refractivity contribution in [1.82, 2.24) is 0 Å². The smallest absolute Gasteiger partial charge is 0.118 e. The van der Waals surface area contributed by atoms with Gasteiger partial charge in [0.1, 0.15) is 5.75 Å². The first kappa shape index (κ1) is 15.0. The second-order valence-corrected chi connectivity index (χ2v) is 7.14. The van der Waals surface area contributed by atoms with Gasteiger partial charge in [0, 0.05) is 28.2 Å². The van der Waals surface area contributed by atoms with Gasteiger partial charge in [-0.3, -0.25) is 0 Å². The van der Waals surface area contributed by atoms with Crippen LogP contribution in [0.1, 0.15) is 36.1 Å². The first-order chi connectivity index (χ1) is 11.3. The molecule has 2 aliphatic rings. The minimum atomic E-state index is 0.171. The van der Waals surface area contributed by atoms with Crippen molar-refractivity contribution in [2.24, 2.45) is 5.92 Å². The number of methoxy groups -OCH3 is 1. The fourth-order valence-corrected chi connectivity index (χ4v) is 4.16. The summed E-state index contributed by atoms with van der Waals surface area (Å²) >= 11 is 3.59. The van der Waals surface area contributed by atoms with Crippen molar-refractivity contribution in [3.05, 3.63) is 58.1 Å². The van der Waals surface area contributed by atoms with Crippen molar-refractivity contribution >= 4 is 21.6 Å². The summed E-state index contributed by atoms with van der Waals surface area (Å²) in [5.41, 5.74) is 3.74. The molecule has 1 fully saturated rings. The summed E-state index contributed by atoms with van der Waals surface area (Å²) < 4.78 is 12.6. The summed E-state index contributed by atoms with van der Waals surface area (Å²) in [6.45, 7) is 0.850. The highest BCUT2D eigenvalue weighted by Crippen LogP contribution is 2.49. The third kappa shape index (κ3) is 2.74. The van der Waals surface area contributed by atoms with Crippen LogP contribution in [0.15, 0.2) is 46.9 Å². The van der Waals surface area contributed by atoms with Gasteiger partial charge in [-0.1, -0.05) is 28.1 Å². The molecular formula is C19H20BrNO2. The van der Waals surface area contributed by atoms with Gasteiger partial charge in [0.05, 0.1) is 19.3 Å². The fourth-order valence-electron chi connectivity index (χ4n) is 3.78. The van der Waals surface area contributed by atoms with Crippen molar-refractivity contribution in [2.75, 3.05) is 19.0 Å². The number of hydrogen-bond donors (Lipinski definition) is 1. The molecule has 4 rings (SSSR count). The van der Waals surface area contributed by atoms with Crippen molar-refractivity contribution in [2.45, 2.75) is 25.0 Å². The summed E-state index contributed by atoms with van der Waals surface area (Å²) in [6, 6.07) is 15.1. The lowest BCUT2D eigenvalue weighted by Gasteiger charge is -2.43. The molecule has 0 spiro atoms. The third-order valence-electron chi connectivity index (χ3n) is 4.90. The number of rotatable bonds is 2. The molecule has 23 heavy (non-hydrogen) atoms. The molecule has 2 aromatic carbocycles. The highest BCUT2D eigenvalue weighted by atomic mass is 79.9. The largest absolute Gasteiger partial charge is 0.497 e. The predicted molar refractivity (Wildman–Crippen MR) is 94.9 cm³/mol. The van der Waals surface area contributed by atoms with Crippen molar-refractivity contribution in [1.29, 1.82) is 0 Å². The zero-order valence-electron chi connectivity index (χ0n) is 13.1. The van der Waals surface area contributed by atoms with Gasteiger partial charge in [0.25, 0.3) is 0 Å². The Kier molecular flexibility index (Phi) is 4.04. The number of hydrogen-bond acceptors (Lipinski definition) is 3. The van der Waals surface area contributed by atoms with Gasteiger partial charge in [-0.2, -0.15) is 0 Å². The van der Waals surface area contributed by atoms with Crippen molar-refractivity contribution in [3.63, 3.8) is 0 Å². The van der Waals surface area contributed by atoms with Crippen LogP contribution in [0.25, 0.3) is 0 Å². The van der Waals surface area contributed by atoms with E-state index in [1.807, 2.05) is 12.1 Å². The first-order valence-electron chi connectivity index (χ1n) is 8.08. The normalized spacial score (nSPS) is 25.9.